The summed E-state index contributed by atoms with van der Waals surface area (Å²) in [7, 11) is 0. The van der Waals surface area contributed by atoms with E-state index < -0.39 is 0 Å². The standard InChI is InChI=1S/C21H32N2O/c1-18(2)12-14-23(21(3,4)17-24)16-20-11-8-13-22(20)15-19-9-6-5-7-10-19/h5-11,13,18,24H,12,14-17H2,1-4H3. The second-order valence-electron chi connectivity index (χ2n) is 7.69. The molecular formula is C21H32N2O. The Balaban J connectivity index is 2.13. The van der Waals surface area contributed by atoms with Crippen LogP contribution in [0.15, 0.2) is 48.7 Å². The van der Waals surface area contributed by atoms with Gasteiger partial charge in [-0.25, -0.2) is 0 Å². The van der Waals surface area contributed by atoms with Gasteiger partial charge in [0.15, 0.2) is 0 Å². The van der Waals surface area contributed by atoms with E-state index in [0.29, 0.717) is 5.92 Å². The third-order valence-electron chi connectivity index (χ3n) is 4.69. The van der Waals surface area contributed by atoms with Crippen molar-refractivity contribution < 1.29 is 5.11 Å². The first-order chi connectivity index (χ1) is 11.4. The van der Waals surface area contributed by atoms with Gasteiger partial charge in [0.1, 0.15) is 0 Å². The molecule has 0 bridgehead atoms. The van der Waals surface area contributed by atoms with E-state index in [1.165, 1.54) is 11.3 Å². The fourth-order valence-corrected chi connectivity index (χ4v) is 2.83. The van der Waals surface area contributed by atoms with Gasteiger partial charge >= 0.3 is 0 Å². The van der Waals surface area contributed by atoms with Crippen LogP contribution in [0.1, 0.15) is 45.4 Å². The molecule has 2 aromatic rings. The molecule has 0 radical (unpaired) electrons. The van der Waals surface area contributed by atoms with Crippen molar-refractivity contribution in [2.24, 2.45) is 5.92 Å². The van der Waals surface area contributed by atoms with E-state index in [1.54, 1.807) is 0 Å². The van der Waals surface area contributed by atoms with Crippen LogP contribution in [-0.2, 0) is 13.1 Å². The summed E-state index contributed by atoms with van der Waals surface area (Å²) in [5.74, 6) is 0.665. The summed E-state index contributed by atoms with van der Waals surface area (Å²) in [5, 5.41) is 9.81. The lowest BCUT2D eigenvalue weighted by Crippen LogP contribution is -2.47. The van der Waals surface area contributed by atoms with Gasteiger partial charge in [-0.05, 0) is 50.4 Å². The first-order valence-corrected chi connectivity index (χ1v) is 8.96. The molecule has 0 aliphatic carbocycles. The van der Waals surface area contributed by atoms with Crippen LogP contribution in [0.5, 0.6) is 0 Å². The number of hydrogen-bond donors (Lipinski definition) is 1. The van der Waals surface area contributed by atoms with Gasteiger partial charge in [-0.1, -0.05) is 44.2 Å². The summed E-state index contributed by atoms with van der Waals surface area (Å²) < 4.78 is 2.31. The highest BCUT2D eigenvalue weighted by molar-refractivity contribution is 5.17. The predicted molar refractivity (Wildman–Crippen MR) is 101 cm³/mol. The average Bonchev–Trinajstić information content (AvgIpc) is 2.99. The van der Waals surface area contributed by atoms with Gasteiger partial charge in [-0.3, -0.25) is 4.90 Å². The lowest BCUT2D eigenvalue weighted by atomic mass is 10.0. The molecule has 0 atom stereocenters. The minimum Gasteiger partial charge on any atom is -0.394 e. The van der Waals surface area contributed by atoms with Gasteiger partial charge in [0, 0.05) is 30.5 Å². The molecule has 1 heterocycles. The maximum Gasteiger partial charge on any atom is 0.0610 e. The summed E-state index contributed by atoms with van der Waals surface area (Å²) in [5.41, 5.74) is 2.39. The summed E-state index contributed by atoms with van der Waals surface area (Å²) in [6, 6.07) is 14.9. The second-order valence-corrected chi connectivity index (χ2v) is 7.69. The van der Waals surface area contributed by atoms with E-state index in [9.17, 15) is 5.11 Å². The maximum atomic E-state index is 9.81. The number of aliphatic hydroxyl groups excluding tert-OH is 1. The third-order valence-corrected chi connectivity index (χ3v) is 4.69. The second kappa shape index (κ2) is 8.50. The number of rotatable bonds is 9. The van der Waals surface area contributed by atoms with Crippen LogP contribution in [0.25, 0.3) is 0 Å². The quantitative estimate of drug-likeness (QED) is 0.749. The molecule has 1 aromatic carbocycles. The molecule has 0 spiro atoms. The fourth-order valence-electron chi connectivity index (χ4n) is 2.83. The summed E-state index contributed by atoms with van der Waals surface area (Å²) in [4.78, 5) is 2.41. The van der Waals surface area contributed by atoms with Crippen molar-refractivity contribution in [1.29, 1.82) is 0 Å². The van der Waals surface area contributed by atoms with Crippen LogP contribution in [0.4, 0.5) is 0 Å². The van der Waals surface area contributed by atoms with Crippen LogP contribution in [-0.4, -0.2) is 33.3 Å². The van der Waals surface area contributed by atoms with E-state index >= 15 is 0 Å². The SMILES string of the molecule is CC(C)CCN(Cc1cccn1Cc1ccccc1)C(C)(C)CO. The molecule has 132 valence electrons. The molecule has 0 unspecified atom stereocenters. The molecule has 0 aliphatic rings. The number of benzene rings is 1. The van der Waals surface area contributed by atoms with Gasteiger partial charge in [0.05, 0.1) is 6.61 Å². The Hall–Kier alpha value is -1.58. The maximum absolute atomic E-state index is 9.81. The van der Waals surface area contributed by atoms with Crippen LogP contribution in [0.2, 0.25) is 0 Å². The zero-order valence-electron chi connectivity index (χ0n) is 15.6. The lowest BCUT2D eigenvalue weighted by molar-refractivity contribution is 0.0453. The average molecular weight is 329 g/mol. The van der Waals surface area contributed by atoms with Crippen molar-refractivity contribution >= 4 is 0 Å². The molecule has 3 heteroatoms. The molecule has 1 aromatic heterocycles. The molecular weight excluding hydrogens is 296 g/mol. The van der Waals surface area contributed by atoms with Crippen molar-refractivity contribution in [2.75, 3.05) is 13.2 Å². The van der Waals surface area contributed by atoms with Gasteiger partial charge in [-0.2, -0.15) is 0 Å². The number of aromatic nitrogens is 1. The smallest absolute Gasteiger partial charge is 0.0610 e. The molecule has 24 heavy (non-hydrogen) atoms. The van der Waals surface area contributed by atoms with E-state index in [0.717, 1.165) is 26.1 Å². The van der Waals surface area contributed by atoms with Gasteiger partial charge in [0.25, 0.3) is 0 Å². The summed E-state index contributed by atoms with van der Waals surface area (Å²) in [6.07, 6.45) is 3.29. The Kier molecular flexibility index (Phi) is 6.64. The Morgan fingerprint density at radius 1 is 1.08 bits per heavy atom. The van der Waals surface area contributed by atoms with Crippen molar-refractivity contribution in [3.8, 4) is 0 Å². The van der Waals surface area contributed by atoms with Crippen LogP contribution in [0, 0.1) is 5.92 Å². The van der Waals surface area contributed by atoms with Gasteiger partial charge in [-0.15, -0.1) is 0 Å². The van der Waals surface area contributed by atoms with E-state index in [4.69, 9.17) is 0 Å². The minimum atomic E-state index is -0.212. The number of aliphatic hydroxyl groups is 1. The Morgan fingerprint density at radius 3 is 2.42 bits per heavy atom. The Morgan fingerprint density at radius 2 is 1.79 bits per heavy atom. The third kappa shape index (κ3) is 5.22. The number of nitrogens with zero attached hydrogens (tertiary/aromatic N) is 2. The molecule has 0 saturated carbocycles. The normalized spacial score (nSPS) is 12.3. The van der Waals surface area contributed by atoms with Crippen LogP contribution in [0.3, 0.4) is 0 Å². The van der Waals surface area contributed by atoms with Crippen molar-refractivity contribution in [3.63, 3.8) is 0 Å². The first kappa shape index (κ1) is 18.8. The molecule has 3 nitrogen and oxygen atoms in total. The van der Waals surface area contributed by atoms with Gasteiger partial charge in [0.2, 0.25) is 0 Å². The zero-order chi connectivity index (χ0) is 17.6. The molecule has 0 saturated heterocycles. The van der Waals surface area contributed by atoms with Crippen molar-refractivity contribution in [1.82, 2.24) is 9.47 Å². The minimum absolute atomic E-state index is 0.171. The highest BCUT2D eigenvalue weighted by Gasteiger charge is 2.26. The molecule has 2 rings (SSSR count). The molecule has 0 amide bonds. The van der Waals surface area contributed by atoms with E-state index in [-0.39, 0.29) is 12.1 Å². The zero-order valence-corrected chi connectivity index (χ0v) is 15.6. The van der Waals surface area contributed by atoms with Crippen molar-refractivity contribution in [3.05, 3.63) is 59.9 Å². The topological polar surface area (TPSA) is 28.4 Å². The van der Waals surface area contributed by atoms with Crippen molar-refractivity contribution in [2.45, 2.75) is 52.7 Å². The molecule has 0 fully saturated rings. The fraction of sp³-hybridized carbons (Fsp3) is 0.524. The molecule has 0 aliphatic heterocycles. The Bertz CT molecular complexity index is 601. The summed E-state index contributed by atoms with van der Waals surface area (Å²) in [6.45, 7) is 11.7. The monoisotopic (exact) mass is 328 g/mol. The highest BCUT2D eigenvalue weighted by Crippen LogP contribution is 2.20. The largest absolute Gasteiger partial charge is 0.394 e. The van der Waals surface area contributed by atoms with Gasteiger partial charge < -0.3 is 9.67 Å². The molecule has 1 N–H and O–H groups in total. The Labute approximate surface area is 146 Å². The van der Waals surface area contributed by atoms with E-state index in [2.05, 4.69) is 85.8 Å². The summed E-state index contributed by atoms with van der Waals surface area (Å²) >= 11 is 0. The first-order valence-electron chi connectivity index (χ1n) is 8.96. The van der Waals surface area contributed by atoms with E-state index in [1.807, 2.05) is 0 Å². The lowest BCUT2D eigenvalue weighted by Gasteiger charge is -2.38. The highest BCUT2D eigenvalue weighted by atomic mass is 16.3. The number of hydrogen-bond acceptors (Lipinski definition) is 2. The predicted octanol–water partition coefficient (Wildman–Crippen LogP) is 4.16. The van der Waals surface area contributed by atoms with Crippen LogP contribution < -0.4 is 0 Å². The van der Waals surface area contributed by atoms with Crippen LogP contribution >= 0.6 is 0 Å².